The Morgan fingerprint density at radius 1 is 0.976 bits per heavy atom. The lowest BCUT2D eigenvalue weighted by molar-refractivity contribution is 0.0991. The molecule has 3 aromatic carbocycles. The average Bonchev–Trinajstić information content (AvgIpc) is 2.95. The Bertz CT molecular complexity index is 1830. The van der Waals surface area contributed by atoms with Gasteiger partial charge in [0.05, 0.1) is 18.2 Å². The van der Waals surface area contributed by atoms with E-state index in [0.29, 0.717) is 44.8 Å². The summed E-state index contributed by atoms with van der Waals surface area (Å²) in [4.78, 5) is 31.2. The number of hydrogen-bond acceptors (Lipinski definition) is 5. The van der Waals surface area contributed by atoms with E-state index in [0.717, 1.165) is 0 Å². The third-order valence-electron chi connectivity index (χ3n) is 6.97. The topological polar surface area (TPSA) is 70.4 Å². The standard InChI is InChI=1S/C33H28F2N2O4/c1-19(2)37-18-26(33(39)32(20(37)3)22-6-8-23(34)9-7-22)29(38)16-21-5-12-31(27(35)15-21)41-30-13-14-36-28-17-24(40-4)10-11-25(28)30/h5-15,17-19H,16H2,1-4H3. The number of carbonyl (C=O) groups is 1. The zero-order valence-corrected chi connectivity index (χ0v) is 23.1. The molecule has 0 amide bonds. The maximum Gasteiger partial charge on any atom is 0.200 e. The van der Waals surface area contributed by atoms with Gasteiger partial charge in [-0.2, -0.15) is 0 Å². The van der Waals surface area contributed by atoms with Crippen LogP contribution in [0, 0.1) is 18.6 Å². The van der Waals surface area contributed by atoms with Crippen LogP contribution in [0.15, 0.2) is 83.9 Å². The summed E-state index contributed by atoms with van der Waals surface area (Å²) in [6.07, 6.45) is 2.93. The van der Waals surface area contributed by atoms with Gasteiger partial charge in [-0.3, -0.25) is 14.6 Å². The van der Waals surface area contributed by atoms with Gasteiger partial charge in [-0.05, 0) is 74.4 Å². The smallest absolute Gasteiger partial charge is 0.200 e. The highest BCUT2D eigenvalue weighted by Crippen LogP contribution is 2.32. The summed E-state index contributed by atoms with van der Waals surface area (Å²) < 4.78 is 41.7. The van der Waals surface area contributed by atoms with Crippen molar-refractivity contribution in [2.75, 3.05) is 7.11 Å². The normalized spacial score (nSPS) is 11.2. The van der Waals surface area contributed by atoms with Gasteiger partial charge >= 0.3 is 0 Å². The number of methoxy groups -OCH3 is 1. The summed E-state index contributed by atoms with van der Waals surface area (Å²) >= 11 is 0. The second-order valence-corrected chi connectivity index (χ2v) is 10.00. The zero-order valence-electron chi connectivity index (χ0n) is 23.1. The number of pyridine rings is 2. The molecule has 6 nitrogen and oxygen atoms in total. The van der Waals surface area contributed by atoms with Crippen LogP contribution in [0.4, 0.5) is 8.78 Å². The van der Waals surface area contributed by atoms with E-state index in [1.165, 1.54) is 36.4 Å². The van der Waals surface area contributed by atoms with Crippen molar-refractivity contribution in [1.82, 2.24) is 9.55 Å². The van der Waals surface area contributed by atoms with Gasteiger partial charge in [-0.15, -0.1) is 0 Å². The van der Waals surface area contributed by atoms with Crippen LogP contribution in [-0.2, 0) is 6.42 Å². The predicted molar refractivity (Wildman–Crippen MR) is 154 cm³/mol. The minimum Gasteiger partial charge on any atom is -0.497 e. The summed E-state index contributed by atoms with van der Waals surface area (Å²) in [7, 11) is 1.56. The molecule has 208 valence electrons. The lowest BCUT2D eigenvalue weighted by Crippen LogP contribution is -2.24. The zero-order chi connectivity index (χ0) is 29.3. The van der Waals surface area contributed by atoms with Crippen molar-refractivity contribution < 1.29 is 23.0 Å². The summed E-state index contributed by atoms with van der Waals surface area (Å²) in [6.45, 7) is 5.68. The molecule has 41 heavy (non-hydrogen) atoms. The predicted octanol–water partition coefficient (Wildman–Crippen LogP) is 7.46. The van der Waals surface area contributed by atoms with Crippen LogP contribution < -0.4 is 14.9 Å². The number of halogens is 2. The van der Waals surface area contributed by atoms with E-state index in [1.54, 1.807) is 56.8 Å². The number of aromatic nitrogens is 2. The molecule has 5 rings (SSSR count). The molecule has 0 radical (unpaired) electrons. The number of Topliss-reactive ketones (excluding diaryl/α,β-unsaturated/α-hetero) is 1. The molecular formula is C33H28F2N2O4. The Morgan fingerprint density at radius 3 is 2.41 bits per heavy atom. The largest absolute Gasteiger partial charge is 0.497 e. The van der Waals surface area contributed by atoms with E-state index < -0.39 is 22.8 Å². The van der Waals surface area contributed by atoms with Crippen molar-refractivity contribution in [3.05, 3.63) is 118 Å². The van der Waals surface area contributed by atoms with Gasteiger partial charge in [-0.25, -0.2) is 8.78 Å². The number of fused-ring (bicyclic) bond motifs is 1. The molecule has 0 aliphatic carbocycles. The van der Waals surface area contributed by atoms with Crippen molar-refractivity contribution in [3.63, 3.8) is 0 Å². The van der Waals surface area contributed by atoms with Gasteiger partial charge in [0, 0.05) is 47.6 Å². The SMILES string of the molecule is COc1ccc2c(Oc3ccc(CC(=O)c4cn(C(C)C)c(C)c(-c5ccc(F)cc5)c4=O)cc3F)ccnc2c1. The van der Waals surface area contributed by atoms with Crippen LogP contribution >= 0.6 is 0 Å². The molecule has 0 atom stereocenters. The van der Waals surface area contributed by atoms with Crippen molar-refractivity contribution in [1.29, 1.82) is 0 Å². The van der Waals surface area contributed by atoms with Crippen LogP contribution in [0.25, 0.3) is 22.0 Å². The number of ketones is 1. The first-order valence-electron chi connectivity index (χ1n) is 13.1. The Morgan fingerprint density at radius 2 is 1.73 bits per heavy atom. The van der Waals surface area contributed by atoms with E-state index in [2.05, 4.69) is 4.98 Å². The van der Waals surface area contributed by atoms with Crippen LogP contribution in [0.3, 0.4) is 0 Å². The van der Waals surface area contributed by atoms with Crippen LogP contribution in [0.1, 0.15) is 41.5 Å². The van der Waals surface area contributed by atoms with Crippen LogP contribution in [0.5, 0.6) is 17.2 Å². The Hall–Kier alpha value is -4.85. The quantitative estimate of drug-likeness (QED) is 0.186. The summed E-state index contributed by atoms with van der Waals surface area (Å²) in [5.41, 5.74) is 2.09. The van der Waals surface area contributed by atoms with Gasteiger partial charge in [-0.1, -0.05) is 18.2 Å². The number of benzene rings is 3. The molecule has 0 saturated heterocycles. The first kappa shape index (κ1) is 27.7. The maximum atomic E-state index is 15.2. The van der Waals surface area contributed by atoms with Crippen molar-refractivity contribution in [2.45, 2.75) is 33.2 Å². The van der Waals surface area contributed by atoms with E-state index >= 15 is 4.39 Å². The monoisotopic (exact) mass is 554 g/mol. The number of carbonyl (C=O) groups excluding carboxylic acids is 1. The number of hydrogen-bond donors (Lipinski definition) is 0. The molecule has 5 aromatic rings. The Kier molecular flexibility index (Phi) is 7.66. The molecule has 8 heteroatoms. The fourth-order valence-electron chi connectivity index (χ4n) is 4.87. The highest BCUT2D eigenvalue weighted by Gasteiger charge is 2.21. The van der Waals surface area contributed by atoms with Gasteiger partial charge in [0.25, 0.3) is 0 Å². The molecule has 0 aliphatic heterocycles. The van der Waals surface area contributed by atoms with Crippen molar-refractivity contribution in [2.24, 2.45) is 0 Å². The molecule has 0 unspecified atom stereocenters. The fraction of sp³-hybridized carbons (Fsp3) is 0.182. The van der Waals surface area contributed by atoms with Crippen LogP contribution in [0.2, 0.25) is 0 Å². The summed E-state index contributed by atoms with van der Waals surface area (Å²) in [5.74, 6) is -0.474. The number of rotatable bonds is 8. The van der Waals surface area contributed by atoms with E-state index in [9.17, 15) is 14.0 Å². The number of ether oxygens (including phenoxy) is 2. The van der Waals surface area contributed by atoms with Gasteiger partial charge < -0.3 is 14.0 Å². The third-order valence-corrected chi connectivity index (χ3v) is 6.97. The molecule has 0 bridgehead atoms. The Balaban J connectivity index is 1.44. The summed E-state index contributed by atoms with van der Waals surface area (Å²) in [5, 5.41) is 0.685. The van der Waals surface area contributed by atoms with Gasteiger partial charge in [0.15, 0.2) is 22.8 Å². The molecule has 0 fully saturated rings. The lowest BCUT2D eigenvalue weighted by Gasteiger charge is -2.20. The molecule has 0 saturated carbocycles. The second-order valence-electron chi connectivity index (χ2n) is 10.00. The van der Waals surface area contributed by atoms with Crippen molar-refractivity contribution >= 4 is 16.7 Å². The average molecular weight is 555 g/mol. The van der Waals surface area contributed by atoms with Crippen molar-refractivity contribution in [3.8, 4) is 28.4 Å². The molecule has 0 spiro atoms. The first-order valence-corrected chi connectivity index (χ1v) is 13.1. The van der Waals surface area contributed by atoms with E-state index in [4.69, 9.17) is 9.47 Å². The number of nitrogens with zero attached hydrogens (tertiary/aromatic N) is 2. The molecule has 0 aliphatic rings. The molecular weight excluding hydrogens is 526 g/mol. The summed E-state index contributed by atoms with van der Waals surface area (Å²) in [6, 6.07) is 16.8. The fourth-order valence-corrected chi connectivity index (χ4v) is 4.87. The first-order chi connectivity index (χ1) is 19.7. The molecule has 2 aromatic heterocycles. The van der Waals surface area contributed by atoms with E-state index in [1.807, 2.05) is 18.4 Å². The van der Waals surface area contributed by atoms with Crippen LogP contribution in [-0.4, -0.2) is 22.4 Å². The molecule has 2 heterocycles. The lowest BCUT2D eigenvalue weighted by atomic mass is 9.97. The Labute approximate surface area is 235 Å². The van der Waals surface area contributed by atoms with Gasteiger partial charge in [0.2, 0.25) is 0 Å². The third kappa shape index (κ3) is 5.59. The minimum atomic E-state index is -0.649. The van der Waals surface area contributed by atoms with Gasteiger partial charge in [0.1, 0.15) is 17.3 Å². The second kappa shape index (κ2) is 11.3. The highest BCUT2D eigenvalue weighted by molar-refractivity contribution is 5.98. The molecule has 0 N–H and O–H groups in total. The van der Waals surface area contributed by atoms with E-state index in [-0.39, 0.29) is 23.8 Å². The maximum absolute atomic E-state index is 15.2. The minimum absolute atomic E-state index is 0.0111. The highest BCUT2D eigenvalue weighted by atomic mass is 19.1.